The summed E-state index contributed by atoms with van der Waals surface area (Å²) in [5.74, 6) is -0.406. The summed E-state index contributed by atoms with van der Waals surface area (Å²) >= 11 is 0. The molecule has 10 heteroatoms. The first-order valence-corrected chi connectivity index (χ1v) is 12.5. The highest BCUT2D eigenvalue weighted by atomic mass is 32.2. The molecule has 0 saturated heterocycles. The molecule has 0 radical (unpaired) electrons. The van der Waals surface area contributed by atoms with Crippen LogP contribution in [0.2, 0.25) is 0 Å². The second-order valence-corrected chi connectivity index (χ2v) is 10.6. The molecule has 0 aromatic heterocycles. The van der Waals surface area contributed by atoms with Crippen molar-refractivity contribution in [2.45, 2.75) is 37.5 Å². The van der Waals surface area contributed by atoms with Crippen LogP contribution in [0.1, 0.15) is 28.7 Å². The van der Waals surface area contributed by atoms with Crippen molar-refractivity contribution in [2.24, 2.45) is 0 Å². The van der Waals surface area contributed by atoms with Crippen LogP contribution in [0, 0.1) is 13.8 Å². The Morgan fingerprint density at radius 3 is 2.20 bits per heavy atom. The van der Waals surface area contributed by atoms with Gasteiger partial charge >= 0.3 is 0 Å². The Balaban J connectivity index is 1.82. The van der Waals surface area contributed by atoms with E-state index >= 15 is 0 Å². The number of sulfonamides is 2. The van der Waals surface area contributed by atoms with Crippen molar-refractivity contribution >= 4 is 26.0 Å². The van der Waals surface area contributed by atoms with Gasteiger partial charge in [0.1, 0.15) is 0 Å². The molecule has 0 bridgehead atoms. The summed E-state index contributed by atoms with van der Waals surface area (Å²) < 4.78 is 52.7. The van der Waals surface area contributed by atoms with E-state index in [2.05, 4.69) is 14.8 Å². The maximum absolute atomic E-state index is 12.4. The Labute approximate surface area is 178 Å². The average molecular weight is 454 g/mol. The molecule has 1 amide bonds. The molecule has 0 saturated carbocycles. The number of rotatable bonds is 10. The molecule has 0 fully saturated rings. The first-order valence-electron chi connectivity index (χ1n) is 9.35. The van der Waals surface area contributed by atoms with E-state index in [4.69, 9.17) is 0 Å². The Morgan fingerprint density at radius 2 is 1.57 bits per heavy atom. The van der Waals surface area contributed by atoms with E-state index in [1.54, 1.807) is 43.3 Å². The van der Waals surface area contributed by atoms with Crippen LogP contribution in [0.5, 0.6) is 0 Å². The van der Waals surface area contributed by atoms with Crippen LogP contribution in [0.15, 0.2) is 47.4 Å². The van der Waals surface area contributed by atoms with Gasteiger partial charge in [0.25, 0.3) is 0 Å². The van der Waals surface area contributed by atoms with E-state index in [0.717, 1.165) is 11.1 Å². The second kappa shape index (κ2) is 10.2. The molecule has 0 unspecified atom stereocenters. The lowest BCUT2D eigenvalue weighted by atomic mass is 10.1. The van der Waals surface area contributed by atoms with Gasteiger partial charge in [0.15, 0.2) is 0 Å². The average Bonchev–Trinajstić information content (AvgIpc) is 2.69. The molecule has 0 aliphatic carbocycles. The number of hydrogen-bond donors (Lipinski definition) is 3. The molecule has 30 heavy (non-hydrogen) atoms. The van der Waals surface area contributed by atoms with Gasteiger partial charge in [-0.3, -0.25) is 4.79 Å². The van der Waals surface area contributed by atoms with Crippen LogP contribution < -0.4 is 14.8 Å². The summed E-state index contributed by atoms with van der Waals surface area (Å²) in [5, 5.41) is 2.72. The van der Waals surface area contributed by atoms with Gasteiger partial charge in [-0.05, 0) is 49.2 Å². The first kappa shape index (κ1) is 24.0. The summed E-state index contributed by atoms with van der Waals surface area (Å²) in [4.78, 5) is 12.2. The third-order valence-corrected chi connectivity index (χ3v) is 7.40. The number of carbonyl (C=O) groups excluding carboxylic acids is 1. The minimum absolute atomic E-state index is 0.00257. The third kappa shape index (κ3) is 7.21. The zero-order chi connectivity index (χ0) is 22.4. The quantitative estimate of drug-likeness (QED) is 0.501. The molecule has 2 aromatic carbocycles. The molecular formula is C20H27N3O5S2. The number of benzene rings is 2. The van der Waals surface area contributed by atoms with Crippen molar-refractivity contribution in [3.8, 4) is 0 Å². The Bertz CT molecular complexity index is 1100. The van der Waals surface area contributed by atoms with Crippen LogP contribution >= 0.6 is 0 Å². The van der Waals surface area contributed by atoms with E-state index in [0.29, 0.717) is 11.1 Å². The van der Waals surface area contributed by atoms with E-state index in [-0.39, 0.29) is 36.1 Å². The van der Waals surface area contributed by atoms with Crippen LogP contribution in [0.4, 0.5) is 0 Å². The van der Waals surface area contributed by atoms with Gasteiger partial charge in [-0.25, -0.2) is 26.3 Å². The number of carbonyl (C=O) groups is 1. The number of aryl methyl sites for hydroxylation is 2. The predicted molar refractivity (Wildman–Crippen MR) is 116 cm³/mol. The topological polar surface area (TPSA) is 121 Å². The molecule has 0 aliphatic heterocycles. The zero-order valence-corrected chi connectivity index (χ0v) is 18.9. The van der Waals surface area contributed by atoms with Crippen molar-refractivity contribution in [1.82, 2.24) is 14.8 Å². The van der Waals surface area contributed by atoms with Crippen molar-refractivity contribution in [3.63, 3.8) is 0 Å². The van der Waals surface area contributed by atoms with E-state index < -0.39 is 20.0 Å². The summed E-state index contributed by atoms with van der Waals surface area (Å²) in [7, 11) is -5.65. The fourth-order valence-electron chi connectivity index (χ4n) is 2.71. The number of nitrogens with one attached hydrogen (secondary N) is 3. The zero-order valence-electron chi connectivity index (χ0n) is 17.2. The molecule has 0 heterocycles. The van der Waals surface area contributed by atoms with Crippen LogP contribution in [-0.2, 0) is 37.1 Å². The number of hydrogen-bond acceptors (Lipinski definition) is 5. The highest BCUT2D eigenvalue weighted by molar-refractivity contribution is 7.89. The monoisotopic (exact) mass is 453 g/mol. The largest absolute Gasteiger partial charge is 0.352 e. The molecular weight excluding hydrogens is 426 g/mol. The molecule has 0 atom stereocenters. The van der Waals surface area contributed by atoms with Gasteiger partial charge < -0.3 is 5.32 Å². The maximum Gasteiger partial charge on any atom is 0.240 e. The Morgan fingerprint density at radius 1 is 0.933 bits per heavy atom. The first-order chi connectivity index (χ1) is 14.0. The highest BCUT2D eigenvalue weighted by Crippen LogP contribution is 2.16. The molecule has 2 rings (SSSR count). The van der Waals surface area contributed by atoms with Gasteiger partial charge in [0.05, 0.1) is 10.6 Å². The van der Waals surface area contributed by atoms with Crippen LogP contribution in [0.3, 0.4) is 0 Å². The molecule has 0 aliphatic rings. The van der Waals surface area contributed by atoms with Gasteiger partial charge in [-0.2, -0.15) is 0 Å². The van der Waals surface area contributed by atoms with Gasteiger partial charge in [0.2, 0.25) is 26.0 Å². The maximum atomic E-state index is 12.4. The molecule has 2 aromatic rings. The summed E-state index contributed by atoms with van der Waals surface area (Å²) in [6, 6.07) is 12.0. The van der Waals surface area contributed by atoms with E-state index in [1.165, 1.54) is 7.05 Å². The van der Waals surface area contributed by atoms with Crippen molar-refractivity contribution in [1.29, 1.82) is 0 Å². The summed E-state index contributed by atoms with van der Waals surface area (Å²) in [6.07, 6.45) is 0.00257. The normalized spacial score (nSPS) is 12.0. The lowest BCUT2D eigenvalue weighted by molar-refractivity contribution is -0.121. The van der Waals surface area contributed by atoms with Gasteiger partial charge in [-0.15, -0.1) is 0 Å². The smallest absolute Gasteiger partial charge is 0.240 e. The summed E-state index contributed by atoms with van der Waals surface area (Å²) in [5.41, 5.74) is 2.93. The van der Waals surface area contributed by atoms with Gasteiger partial charge in [-0.1, -0.05) is 36.4 Å². The van der Waals surface area contributed by atoms with Crippen LogP contribution in [-0.4, -0.2) is 36.3 Å². The van der Waals surface area contributed by atoms with Gasteiger partial charge in [0, 0.05) is 19.5 Å². The number of amides is 1. The molecule has 0 spiro atoms. The third-order valence-electron chi connectivity index (χ3n) is 4.46. The lowest BCUT2D eigenvalue weighted by Crippen LogP contribution is -2.31. The van der Waals surface area contributed by atoms with Crippen molar-refractivity contribution in [2.75, 3.05) is 13.6 Å². The van der Waals surface area contributed by atoms with Crippen molar-refractivity contribution < 1.29 is 21.6 Å². The highest BCUT2D eigenvalue weighted by Gasteiger charge is 2.17. The lowest BCUT2D eigenvalue weighted by Gasteiger charge is -2.10. The predicted octanol–water partition coefficient (Wildman–Crippen LogP) is 1.34. The van der Waals surface area contributed by atoms with E-state index in [9.17, 15) is 21.6 Å². The fraction of sp³-hybridized carbons (Fsp3) is 0.350. The molecule has 164 valence electrons. The summed E-state index contributed by atoms with van der Waals surface area (Å²) in [6.45, 7) is 3.79. The standard InChI is InChI=1S/C20H27N3O5S2/c1-15-4-5-16(2)19(12-15)30(27,28)23-11-10-20(24)22-13-17-6-8-18(9-7-17)14-29(25,26)21-3/h4-9,12,21,23H,10-11,13-14H2,1-3H3,(H,22,24). The van der Waals surface area contributed by atoms with E-state index in [1.807, 2.05) is 13.0 Å². The van der Waals surface area contributed by atoms with Crippen LogP contribution in [0.25, 0.3) is 0 Å². The van der Waals surface area contributed by atoms with Crippen molar-refractivity contribution in [3.05, 3.63) is 64.7 Å². The minimum Gasteiger partial charge on any atom is -0.352 e. The Kier molecular flexibility index (Phi) is 8.13. The second-order valence-electron chi connectivity index (χ2n) is 6.97. The molecule has 3 N–H and O–H groups in total. The Hall–Kier alpha value is -2.27. The minimum atomic E-state index is -3.68. The fourth-order valence-corrected chi connectivity index (χ4v) is 4.84. The SMILES string of the molecule is CNS(=O)(=O)Cc1ccc(CNC(=O)CCNS(=O)(=O)c2cc(C)ccc2C)cc1. The molecule has 8 nitrogen and oxygen atoms in total.